The molecule has 0 spiro atoms. The number of benzene rings is 1. The quantitative estimate of drug-likeness (QED) is 0.829. The largest absolute Gasteiger partial charge is 0.497 e. The Balaban J connectivity index is 2.61. The standard InChI is InChI=1S/C13H13NO4/c1-17-9-3-4-11-10(7-9)8(5-12(15)14-11)6-13(16)18-2/h3-5,7H,6H2,1-2H3,(H,14,15). The third-order valence-corrected chi connectivity index (χ3v) is 2.70. The molecule has 5 nitrogen and oxygen atoms in total. The van der Waals surface area contributed by atoms with Gasteiger partial charge in [0.15, 0.2) is 0 Å². The van der Waals surface area contributed by atoms with Crippen LogP contribution >= 0.6 is 0 Å². The van der Waals surface area contributed by atoms with Gasteiger partial charge in [0.1, 0.15) is 5.75 Å². The number of rotatable bonds is 3. The number of ether oxygens (including phenoxy) is 2. The van der Waals surface area contributed by atoms with Gasteiger partial charge in [-0.05, 0) is 23.8 Å². The van der Waals surface area contributed by atoms with Gasteiger partial charge in [-0.1, -0.05) is 0 Å². The Morgan fingerprint density at radius 1 is 1.28 bits per heavy atom. The zero-order valence-corrected chi connectivity index (χ0v) is 10.1. The Morgan fingerprint density at radius 2 is 2.06 bits per heavy atom. The van der Waals surface area contributed by atoms with E-state index in [1.54, 1.807) is 25.3 Å². The van der Waals surface area contributed by atoms with E-state index in [2.05, 4.69) is 9.72 Å². The molecule has 1 aromatic carbocycles. The van der Waals surface area contributed by atoms with Crippen molar-refractivity contribution in [3.05, 3.63) is 40.2 Å². The van der Waals surface area contributed by atoms with Crippen molar-refractivity contribution in [2.75, 3.05) is 14.2 Å². The zero-order chi connectivity index (χ0) is 13.1. The maximum absolute atomic E-state index is 11.5. The fourth-order valence-corrected chi connectivity index (χ4v) is 1.80. The number of nitrogens with one attached hydrogen (secondary N) is 1. The second kappa shape index (κ2) is 4.91. The van der Waals surface area contributed by atoms with Gasteiger partial charge in [0.05, 0.1) is 20.6 Å². The summed E-state index contributed by atoms with van der Waals surface area (Å²) in [5.41, 5.74) is 1.05. The molecule has 5 heteroatoms. The Morgan fingerprint density at radius 3 is 2.72 bits per heavy atom. The molecule has 1 N–H and O–H groups in total. The summed E-state index contributed by atoms with van der Waals surface area (Å²) in [6.45, 7) is 0. The lowest BCUT2D eigenvalue weighted by molar-refractivity contribution is -0.139. The normalized spacial score (nSPS) is 10.3. The number of esters is 1. The summed E-state index contributed by atoms with van der Waals surface area (Å²) in [4.78, 5) is 25.5. The number of methoxy groups -OCH3 is 2. The minimum absolute atomic E-state index is 0.0596. The summed E-state index contributed by atoms with van der Waals surface area (Å²) in [7, 11) is 2.88. The Hall–Kier alpha value is -2.30. The van der Waals surface area contributed by atoms with Crippen LogP contribution in [0.25, 0.3) is 10.9 Å². The molecule has 2 aromatic rings. The molecule has 0 bridgehead atoms. The molecule has 94 valence electrons. The molecule has 18 heavy (non-hydrogen) atoms. The van der Waals surface area contributed by atoms with Gasteiger partial charge in [-0.2, -0.15) is 0 Å². The van der Waals surface area contributed by atoms with Gasteiger partial charge in [-0.3, -0.25) is 9.59 Å². The maximum atomic E-state index is 11.5. The van der Waals surface area contributed by atoms with Crippen molar-refractivity contribution < 1.29 is 14.3 Å². The molecule has 0 saturated heterocycles. The van der Waals surface area contributed by atoms with Crippen LogP contribution in [-0.2, 0) is 16.0 Å². The van der Waals surface area contributed by atoms with Crippen LogP contribution in [0.5, 0.6) is 5.75 Å². The van der Waals surface area contributed by atoms with Gasteiger partial charge in [-0.25, -0.2) is 0 Å². The Bertz CT molecular complexity index is 645. The van der Waals surface area contributed by atoms with E-state index in [9.17, 15) is 9.59 Å². The second-order valence-corrected chi connectivity index (χ2v) is 3.82. The highest BCUT2D eigenvalue weighted by Crippen LogP contribution is 2.21. The lowest BCUT2D eigenvalue weighted by atomic mass is 10.1. The average molecular weight is 247 g/mol. The van der Waals surface area contributed by atoms with E-state index < -0.39 is 0 Å². The molecule has 0 aliphatic rings. The summed E-state index contributed by atoms with van der Waals surface area (Å²) in [6.07, 6.45) is 0.0596. The molecule has 1 heterocycles. The number of hydrogen-bond acceptors (Lipinski definition) is 4. The van der Waals surface area contributed by atoms with Crippen LogP contribution < -0.4 is 10.3 Å². The summed E-state index contributed by atoms with van der Waals surface area (Å²) in [5.74, 6) is 0.283. The first-order valence-corrected chi connectivity index (χ1v) is 5.41. The van der Waals surface area contributed by atoms with Crippen molar-refractivity contribution in [1.82, 2.24) is 4.98 Å². The minimum atomic E-state index is -0.385. The van der Waals surface area contributed by atoms with Gasteiger partial charge in [0, 0.05) is 17.0 Å². The SMILES string of the molecule is COC(=O)Cc1cc(=O)[nH]c2ccc(OC)cc12. The topological polar surface area (TPSA) is 68.4 Å². The highest BCUT2D eigenvalue weighted by molar-refractivity contribution is 5.87. The van der Waals surface area contributed by atoms with Crippen LogP contribution in [0.2, 0.25) is 0 Å². The summed E-state index contributed by atoms with van der Waals surface area (Å²) in [5, 5.41) is 0.777. The van der Waals surface area contributed by atoms with Gasteiger partial charge in [-0.15, -0.1) is 0 Å². The third-order valence-electron chi connectivity index (χ3n) is 2.70. The highest BCUT2D eigenvalue weighted by atomic mass is 16.5. The first-order valence-electron chi connectivity index (χ1n) is 5.41. The number of fused-ring (bicyclic) bond motifs is 1. The molecular formula is C13H13NO4. The van der Waals surface area contributed by atoms with Crippen molar-refractivity contribution >= 4 is 16.9 Å². The van der Waals surface area contributed by atoms with E-state index in [0.29, 0.717) is 16.8 Å². The number of aromatic amines is 1. The van der Waals surface area contributed by atoms with Crippen LogP contribution in [0.4, 0.5) is 0 Å². The van der Waals surface area contributed by atoms with E-state index in [0.717, 1.165) is 5.39 Å². The van der Waals surface area contributed by atoms with Crippen LogP contribution in [0.15, 0.2) is 29.1 Å². The van der Waals surface area contributed by atoms with Crippen molar-refractivity contribution in [1.29, 1.82) is 0 Å². The number of carbonyl (C=O) groups is 1. The first-order chi connectivity index (χ1) is 8.63. The Labute approximate surface area is 103 Å². The van der Waals surface area contributed by atoms with Crippen LogP contribution in [0, 0.1) is 0 Å². The molecule has 0 aliphatic carbocycles. The fourth-order valence-electron chi connectivity index (χ4n) is 1.80. The van der Waals surface area contributed by atoms with Crippen molar-refractivity contribution in [3.8, 4) is 5.75 Å². The van der Waals surface area contributed by atoms with E-state index in [4.69, 9.17) is 4.74 Å². The van der Waals surface area contributed by atoms with E-state index in [-0.39, 0.29) is 17.9 Å². The van der Waals surface area contributed by atoms with Gasteiger partial charge < -0.3 is 14.5 Å². The molecule has 0 radical (unpaired) electrons. The minimum Gasteiger partial charge on any atom is -0.497 e. The smallest absolute Gasteiger partial charge is 0.310 e. The number of pyridine rings is 1. The second-order valence-electron chi connectivity index (χ2n) is 3.82. The molecular weight excluding hydrogens is 234 g/mol. The maximum Gasteiger partial charge on any atom is 0.310 e. The number of aromatic nitrogens is 1. The Kier molecular flexibility index (Phi) is 3.32. The third kappa shape index (κ3) is 2.34. The van der Waals surface area contributed by atoms with Gasteiger partial charge in [0.25, 0.3) is 0 Å². The van der Waals surface area contributed by atoms with E-state index in [1.165, 1.54) is 13.2 Å². The first kappa shape index (κ1) is 12.2. The molecule has 0 fully saturated rings. The molecule has 0 saturated carbocycles. The lowest BCUT2D eigenvalue weighted by Gasteiger charge is -2.07. The fraction of sp³-hybridized carbons (Fsp3) is 0.231. The summed E-state index contributed by atoms with van der Waals surface area (Å²) < 4.78 is 9.75. The van der Waals surface area contributed by atoms with E-state index >= 15 is 0 Å². The number of H-pyrrole nitrogens is 1. The molecule has 0 unspecified atom stereocenters. The van der Waals surface area contributed by atoms with Gasteiger partial charge in [0.2, 0.25) is 5.56 Å². The molecule has 0 amide bonds. The summed E-state index contributed by atoms with van der Waals surface area (Å²) in [6, 6.07) is 6.68. The van der Waals surface area contributed by atoms with E-state index in [1.807, 2.05) is 0 Å². The summed E-state index contributed by atoms with van der Waals surface area (Å²) >= 11 is 0. The molecule has 2 rings (SSSR count). The van der Waals surface area contributed by atoms with Crippen LogP contribution in [0.3, 0.4) is 0 Å². The van der Waals surface area contributed by atoms with Crippen LogP contribution in [-0.4, -0.2) is 25.2 Å². The van der Waals surface area contributed by atoms with Gasteiger partial charge >= 0.3 is 5.97 Å². The number of carbonyl (C=O) groups excluding carboxylic acids is 1. The predicted octanol–water partition coefficient (Wildman–Crippen LogP) is 1.25. The van der Waals surface area contributed by atoms with Crippen molar-refractivity contribution in [2.24, 2.45) is 0 Å². The molecule has 0 aliphatic heterocycles. The lowest BCUT2D eigenvalue weighted by Crippen LogP contribution is -2.11. The molecule has 1 aromatic heterocycles. The average Bonchev–Trinajstić information content (AvgIpc) is 2.38. The zero-order valence-electron chi connectivity index (χ0n) is 10.1. The van der Waals surface area contributed by atoms with Crippen molar-refractivity contribution in [3.63, 3.8) is 0 Å². The monoisotopic (exact) mass is 247 g/mol. The van der Waals surface area contributed by atoms with Crippen LogP contribution in [0.1, 0.15) is 5.56 Å². The van der Waals surface area contributed by atoms with Crippen molar-refractivity contribution in [2.45, 2.75) is 6.42 Å². The highest BCUT2D eigenvalue weighted by Gasteiger charge is 2.09. The molecule has 0 atom stereocenters. The predicted molar refractivity (Wildman–Crippen MR) is 66.8 cm³/mol. The number of hydrogen-bond donors (Lipinski definition) is 1.